The Bertz CT molecular complexity index is 751. The van der Waals surface area contributed by atoms with Crippen molar-refractivity contribution in [1.82, 2.24) is 15.1 Å². The Labute approximate surface area is 185 Å². The molecule has 180 valence electrons. The molecule has 11 heteroatoms. The van der Waals surface area contributed by atoms with Crippen molar-refractivity contribution in [1.29, 1.82) is 0 Å². The van der Waals surface area contributed by atoms with Gasteiger partial charge in [0.15, 0.2) is 9.84 Å². The van der Waals surface area contributed by atoms with Gasteiger partial charge >= 0.3 is 12.1 Å². The Morgan fingerprint density at radius 3 is 2.23 bits per heavy atom. The zero-order valence-corrected chi connectivity index (χ0v) is 20.6. The molecule has 10 nitrogen and oxygen atoms in total. The monoisotopic (exact) mass is 463 g/mol. The van der Waals surface area contributed by atoms with E-state index < -0.39 is 50.7 Å². The van der Waals surface area contributed by atoms with Gasteiger partial charge in [-0.2, -0.15) is 0 Å². The van der Waals surface area contributed by atoms with E-state index in [4.69, 9.17) is 9.47 Å². The maximum Gasteiger partial charge on any atom is 0.410 e. The van der Waals surface area contributed by atoms with Crippen molar-refractivity contribution in [2.75, 3.05) is 40.0 Å². The second-order valence-corrected chi connectivity index (χ2v) is 11.8. The molecule has 1 N–H and O–H groups in total. The number of methoxy groups -OCH3 is 1. The topological polar surface area (TPSA) is 122 Å². The Hall–Kier alpha value is -1.88. The van der Waals surface area contributed by atoms with Gasteiger partial charge in [-0.05, 0) is 47.2 Å². The first-order valence-corrected chi connectivity index (χ1v) is 12.0. The van der Waals surface area contributed by atoms with E-state index in [0.29, 0.717) is 0 Å². The average Bonchev–Trinajstić information content (AvgIpc) is 2.59. The zero-order chi connectivity index (χ0) is 24.1. The first kappa shape index (κ1) is 27.2. The highest BCUT2D eigenvalue weighted by Gasteiger charge is 2.40. The van der Waals surface area contributed by atoms with Gasteiger partial charge in [0.05, 0.1) is 24.2 Å². The van der Waals surface area contributed by atoms with Crippen LogP contribution in [0.4, 0.5) is 4.79 Å². The predicted octanol–water partition coefficient (Wildman–Crippen LogP) is 0.655. The van der Waals surface area contributed by atoms with Crippen molar-refractivity contribution in [2.24, 2.45) is 5.92 Å². The Morgan fingerprint density at radius 2 is 1.77 bits per heavy atom. The number of sulfone groups is 1. The molecule has 1 saturated heterocycles. The zero-order valence-electron chi connectivity index (χ0n) is 19.8. The van der Waals surface area contributed by atoms with Crippen LogP contribution in [0.2, 0.25) is 0 Å². The molecule has 1 aliphatic heterocycles. The quantitative estimate of drug-likeness (QED) is 0.546. The summed E-state index contributed by atoms with van der Waals surface area (Å²) in [5.41, 5.74) is -0.719. The smallest absolute Gasteiger partial charge is 0.410 e. The lowest BCUT2D eigenvalue weighted by Crippen LogP contribution is -2.56. The summed E-state index contributed by atoms with van der Waals surface area (Å²) in [5.74, 6) is -1.41. The number of hydrogen-bond donors (Lipinski definition) is 1. The molecule has 31 heavy (non-hydrogen) atoms. The number of amides is 2. The van der Waals surface area contributed by atoms with Gasteiger partial charge in [-0.3, -0.25) is 9.69 Å². The van der Waals surface area contributed by atoms with Gasteiger partial charge < -0.3 is 19.7 Å². The number of carbonyl (C=O) groups is 3. The highest BCUT2D eigenvalue weighted by atomic mass is 32.2. The van der Waals surface area contributed by atoms with E-state index in [0.717, 1.165) is 0 Å². The maximum absolute atomic E-state index is 12.8. The highest BCUT2D eigenvalue weighted by Crippen LogP contribution is 2.21. The van der Waals surface area contributed by atoms with Crippen molar-refractivity contribution in [3.05, 3.63) is 0 Å². The third-order valence-corrected chi connectivity index (χ3v) is 7.10. The molecule has 0 saturated carbocycles. The minimum Gasteiger partial charge on any atom is -0.467 e. The van der Waals surface area contributed by atoms with Crippen molar-refractivity contribution in [2.45, 2.75) is 64.0 Å². The molecule has 0 aromatic heterocycles. The Balaban J connectivity index is 3.04. The molecule has 1 aliphatic rings. The molecule has 0 bridgehead atoms. The molecule has 1 heterocycles. The molecule has 2 unspecified atom stereocenters. The van der Waals surface area contributed by atoms with Crippen molar-refractivity contribution >= 4 is 27.8 Å². The van der Waals surface area contributed by atoms with E-state index in [1.165, 1.54) is 12.0 Å². The highest BCUT2D eigenvalue weighted by molar-refractivity contribution is 7.92. The number of hydrogen-bond acceptors (Lipinski definition) is 8. The fraction of sp³-hybridized carbons (Fsp3) is 0.850. The molecule has 0 aromatic carbocycles. The van der Waals surface area contributed by atoms with Crippen LogP contribution in [-0.4, -0.2) is 99.2 Å². The second kappa shape index (κ2) is 10.6. The largest absolute Gasteiger partial charge is 0.467 e. The van der Waals surface area contributed by atoms with Gasteiger partial charge in [0.1, 0.15) is 11.6 Å². The van der Waals surface area contributed by atoms with Crippen LogP contribution in [0.25, 0.3) is 0 Å². The molecule has 1 rings (SSSR count). The van der Waals surface area contributed by atoms with Gasteiger partial charge in [0, 0.05) is 13.1 Å². The van der Waals surface area contributed by atoms with Crippen LogP contribution in [0.1, 0.15) is 41.0 Å². The van der Waals surface area contributed by atoms with E-state index in [1.807, 2.05) is 13.8 Å². The van der Waals surface area contributed by atoms with Crippen LogP contribution in [-0.2, 0) is 28.9 Å². The van der Waals surface area contributed by atoms with Gasteiger partial charge in [0.25, 0.3) is 0 Å². The van der Waals surface area contributed by atoms with Crippen LogP contribution in [0.15, 0.2) is 0 Å². The molecule has 1 fully saturated rings. The molecule has 0 spiro atoms. The molecule has 0 aromatic rings. The summed E-state index contributed by atoms with van der Waals surface area (Å²) in [6.07, 6.45) is -0.809. The van der Waals surface area contributed by atoms with E-state index in [1.54, 1.807) is 39.8 Å². The minimum absolute atomic E-state index is 0.0129. The van der Waals surface area contributed by atoms with E-state index in [9.17, 15) is 22.8 Å². The van der Waals surface area contributed by atoms with E-state index in [-0.39, 0.29) is 31.2 Å². The Kier molecular flexibility index (Phi) is 9.31. The number of nitrogens with one attached hydrogen (secondary N) is 1. The first-order chi connectivity index (χ1) is 14.1. The molecule has 2 amide bonds. The van der Waals surface area contributed by atoms with E-state index in [2.05, 4.69) is 5.32 Å². The standard InChI is InChI=1S/C20H37N3O7S/c1-13(2)16(22(6)7)17(24)21-15(18(25)29-8)11-14-12-23(9-10-31(14,27)28)19(26)30-20(3,4)5/h13-16H,9-12H2,1-8H3,(H,21,24)/t14?,15?,16-/m0/s1. The number of likely N-dealkylation sites (N-methyl/N-ethyl adjacent to an activating group) is 1. The third kappa shape index (κ3) is 7.95. The summed E-state index contributed by atoms with van der Waals surface area (Å²) in [4.78, 5) is 40.6. The predicted molar refractivity (Wildman–Crippen MR) is 116 cm³/mol. The van der Waals surface area contributed by atoms with Gasteiger partial charge in [0.2, 0.25) is 5.91 Å². The van der Waals surface area contributed by atoms with Crippen molar-refractivity contribution < 1.29 is 32.3 Å². The van der Waals surface area contributed by atoms with Crippen molar-refractivity contribution in [3.8, 4) is 0 Å². The van der Waals surface area contributed by atoms with E-state index >= 15 is 0 Å². The number of nitrogens with zero attached hydrogens (tertiary/aromatic N) is 2. The summed E-state index contributed by atoms with van der Waals surface area (Å²) < 4.78 is 35.5. The van der Waals surface area contributed by atoms with Crippen LogP contribution >= 0.6 is 0 Å². The van der Waals surface area contributed by atoms with Crippen LogP contribution < -0.4 is 5.32 Å². The summed E-state index contributed by atoms with van der Waals surface area (Å²) in [6, 6.07) is -1.66. The van der Waals surface area contributed by atoms with Crippen LogP contribution in [0.3, 0.4) is 0 Å². The fourth-order valence-electron chi connectivity index (χ4n) is 3.58. The lowest BCUT2D eigenvalue weighted by molar-refractivity contribution is -0.146. The Morgan fingerprint density at radius 1 is 1.19 bits per heavy atom. The molecular weight excluding hydrogens is 426 g/mol. The second-order valence-electron chi connectivity index (χ2n) is 9.39. The number of carbonyl (C=O) groups excluding carboxylic acids is 3. The summed E-state index contributed by atoms with van der Waals surface area (Å²) in [5, 5.41) is 1.61. The van der Waals surface area contributed by atoms with Gasteiger partial charge in [-0.1, -0.05) is 13.8 Å². The first-order valence-electron chi connectivity index (χ1n) is 10.3. The number of ether oxygens (including phenoxy) is 2. The number of rotatable bonds is 7. The number of esters is 1. The van der Waals surface area contributed by atoms with Crippen LogP contribution in [0.5, 0.6) is 0 Å². The van der Waals surface area contributed by atoms with Crippen molar-refractivity contribution in [3.63, 3.8) is 0 Å². The molecule has 0 aliphatic carbocycles. The summed E-state index contributed by atoms with van der Waals surface area (Å²) in [6.45, 7) is 8.82. The molecule has 0 radical (unpaired) electrons. The summed E-state index contributed by atoms with van der Waals surface area (Å²) in [7, 11) is 1.10. The van der Waals surface area contributed by atoms with Gasteiger partial charge in [-0.15, -0.1) is 0 Å². The fourth-order valence-corrected chi connectivity index (χ4v) is 5.28. The third-order valence-electron chi connectivity index (χ3n) is 4.99. The SMILES string of the molecule is COC(=O)C(CC1CN(C(=O)OC(C)(C)C)CCS1(=O)=O)NC(=O)[C@H](C(C)C)N(C)C. The normalized spacial score (nSPS) is 20.8. The molecular formula is C20H37N3O7S. The summed E-state index contributed by atoms with van der Waals surface area (Å²) >= 11 is 0. The van der Waals surface area contributed by atoms with Crippen LogP contribution in [0, 0.1) is 5.92 Å². The maximum atomic E-state index is 12.8. The average molecular weight is 464 g/mol. The van der Waals surface area contributed by atoms with Gasteiger partial charge in [-0.25, -0.2) is 18.0 Å². The lowest BCUT2D eigenvalue weighted by atomic mass is 10.0. The lowest BCUT2D eigenvalue weighted by Gasteiger charge is -2.35. The molecule has 3 atom stereocenters. The minimum atomic E-state index is -3.58.